The molecule has 0 nitrogen and oxygen atoms in total. The third-order valence-electron chi connectivity index (χ3n) is 4.28. The molecule has 0 heteroatoms. The maximum atomic E-state index is 2.47. The Kier molecular flexibility index (Phi) is 10.4. The van der Waals surface area contributed by atoms with E-state index in [4.69, 9.17) is 0 Å². The smallest absolute Gasteiger partial charge is 0.0233 e. The molecule has 0 bridgehead atoms. The van der Waals surface area contributed by atoms with E-state index >= 15 is 0 Å². The van der Waals surface area contributed by atoms with Crippen LogP contribution >= 0.6 is 0 Å². The van der Waals surface area contributed by atoms with Crippen LogP contribution in [-0.4, -0.2) is 0 Å². The third kappa shape index (κ3) is 8.78. The molecule has 0 fully saturated rings. The zero-order valence-corrected chi connectivity index (χ0v) is 12.6. The van der Waals surface area contributed by atoms with Crippen molar-refractivity contribution >= 4 is 0 Å². The summed E-state index contributed by atoms with van der Waals surface area (Å²) in [5, 5.41) is 0. The van der Waals surface area contributed by atoms with Crippen molar-refractivity contribution in [3.8, 4) is 0 Å². The van der Waals surface area contributed by atoms with Crippen LogP contribution in [0, 0.1) is 5.92 Å². The summed E-state index contributed by atoms with van der Waals surface area (Å²) in [5.74, 6) is 0.924. The van der Waals surface area contributed by atoms with E-state index in [2.05, 4.69) is 19.1 Å². The molecule has 18 heavy (non-hydrogen) atoms. The second-order valence-corrected chi connectivity index (χ2v) is 6.09. The molecule has 0 radical (unpaired) electrons. The Bertz CT molecular complexity index is 192. The lowest BCUT2D eigenvalue weighted by atomic mass is 9.91. The molecule has 1 aliphatic carbocycles. The maximum absolute atomic E-state index is 2.47. The van der Waals surface area contributed by atoms with Gasteiger partial charge in [0.25, 0.3) is 0 Å². The molecule has 0 saturated heterocycles. The van der Waals surface area contributed by atoms with Crippen LogP contribution in [0.5, 0.6) is 0 Å². The summed E-state index contributed by atoms with van der Waals surface area (Å²) >= 11 is 0. The lowest BCUT2D eigenvalue weighted by Gasteiger charge is -2.15. The van der Waals surface area contributed by atoms with Gasteiger partial charge in [-0.3, -0.25) is 0 Å². The molecule has 0 saturated carbocycles. The van der Waals surface area contributed by atoms with Crippen molar-refractivity contribution in [1.29, 1.82) is 0 Å². The maximum Gasteiger partial charge on any atom is -0.0233 e. The number of hydrogen-bond acceptors (Lipinski definition) is 0. The second kappa shape index (κ2) is 11.8. The van der Waals surface area contributed by atoms with E-state index in [0.717, 1.165) is 5.92 Å². The van der Waals surface area contributed by atoms with Gasteiger partial charge in [-0.25, -0.2) is 0 Å². The van der Waals surface area contributed by atoms with E-state index in [1.54, 1.807) is 0 Å². The van der Waals surface area contributed by atoms with E-state index in [0.29, 0.717) is 0 Å². The molecule has 1 rings (SSSR count). The van der Waals surface area contributed by atoms with Gasteiger partial charge < -0.3 is 0 Å². The molecule has 0 aromatic rings. The van der Waals surface area contributed by atoms with E-state index < -0.39 is 0 Å². The van der Waals surface area contributed by atoms with Crippen molar-refractivity contribution in [3.05, 3.63) is 12.2 Å². The molecule has 0 spiro atoms. The zero-order valence-electron chi connectivity index (χ0n) is 12.6. The monoisotopic (exact) mass is 250 g/mol. The van der Waals surface area contributed by atoms with Crippen LogP contribution in [-0.2, 0) is 0 Å². The number of unbranched alkanes of at least 4 members (excludes halogenated alkanes) is 9. The van der Waals surface area contributed by atoms with Gasteiger partial charge >= 0.3 is 0 Å². The molecule has 0 N–H and O–H groups in total. The topological polar surface area (TPSA) is 0 Å². The first kappa shape index (κ1) is 15.8. The average molecular weight is 250 g/mol. The fourth-order valence-corrected chi connectivity index (χ4v) is 3.02. The Morgan fingerprint density at radius 2 is 1.44 bits per heavy atom. The highest BCUT2D eigenvalue weighted by Crippen LogP contribution is 2.22. The summed E-state index contributed by atoms with van der Waals surface area (Å²) in [5.41, 5.74) is 0. The van der Waals surface area contributed by atoms with Gasteiger partial charge in [0.15, 0.2) is 0 Å². The minimum Gasteiger partial charge on any atom is -0.0883 e. The predicted octanol–water partition coefficient (Wildman–Crippen LogP) is 6.65. The molecule has 0 aliphatic heterocycles. The first-order valence-electron chi connectivity index (χ1n) is 8.60. The van der Waals surface area contributed by atoms with Crippen LogP contribution in [0.1, 0.15) is 96.8 Å². The van der Waals surface area contributed by atoms with Crippen molar-refractivity contribution < 1.29 is 0 Å². The normalized spacial score (nSPS) is 19.3. The fourth-order valence-electron chi connectivity index (χ4n) is 3.02. The van der Waals surface area contributed by atoms with Crippen LogP contribution in [0.4, 0.5) is 0 Å². The molecular weight excluding hydrogens is 216 g/mol. The lowest BCUT2D eigenvalue weighted by molar-refractivity contribution is 0.467. The molecule has 1 aliphatic rings. The van der Waals surface area contributed by atoms with Gasteiger partial charge in [0.1, 0.15) is 0 Å². The largest absolute Gasteiger partial charge is 0.0883 e. The van der Waals surface area contributed by atoms with Crippen LogP contribution in [0.2, 0.25) is 0 Å². The van der Waals surface area contributed by atoms with Gasteiger partial charge in [0.2, 0.25) is 0 Å². The number of hydrogen-bond donors (Lipinski definition) is 0. The van der Waals surface area contributed by atoms with Gasteiger partial charge in [-0.1, -0.05) is 83.3 Å². The molecule has 106 valence electrons. The summed E-state index contributed by atoms with van der Waals surface area (Å²) in [6.45, 7) is 2.29. The number of allylic oxidation sites excluding steroid dienone is 2. The van der Waals surface area contributed by atoms with E-state index in [-0.39, 0.29) is 0 Å². The second-order valence-electron chi connectivity index (χ2n) is 6.09. The molecule has 0 aromatic heterocycles. The highest BCUT2D eigenvalue weighted by Gasteiger charge is 2.07. The SMILES string of the molecule is CCCCCCCCCCCC[C@H]1C=CCCC1. The summed E-state index contributed by atoms with van der Waals surface area (Å²) in [6.07, 6.45) is 25.1. The first-order valence-corrected chi connectivity index (χ1v) is 8.60. The highest BCUT2D eigenvalue weighted by molar-refractivity contribution is 4.92. The molecular formula is C18H34. The summed E-state index contributed by atoms with van der Waals surface area (Å²) in [7, 11) is 0. The van der Waals surface area contributed by atoms with E-state index in [9.17, 15) is 0 Å². The summed E-state index contributed by atoms with van der Waals surface area (Å²) in [4.78, 5) is 0. The van der Waals surface area contributed by atoms with E-state index in [1.165, 1.54) is 89.9 Å². The Morgan fingerprint density at radius 3 is 2.00 bits per heavy atom. The van der Waals surface area contributed by atoms with E-state index in [1.807, 2.05) is 0 Å². The van der Waals surface area contributed by atoms with Gasteiger partial charge in [-0.15, -0.1) is 0 Å². The summed E-state index contributed by atoms with van der Waals surface area (Å²) < 4.78 is 0. The first-order chi connectivity index (χ1) is 8.93. The number of rotatable bonds is 11. The molecule has 0 amide bonds. The van der Waals surface area contributed by atoms with Crippen molar-refractivity contribution in [2.24, 2.45) is 5.92 Å². The van der Waals surface area contributed by atoms with Crippen molar-refractivity contribution in [2.75, 3.05) is 0 Å². The van der Waals surface area contributed by atoms with Crippen molar-refractivity contribution in [1.82, 2.24) is 0 Å². The standard InChI is InChI=1S/C18H34/c1-2-3-4-5-6-7-8-9-10-12-15-18-16-13-11-14-17-18/h13,16,18H,2-12,14-15,17H2,1H3/t18-/m0/s1. The minimum absolute atomic E-state index is 0.924. The molecule has 0 unspecified atom stereocenters. The van der Waals surface area contributed by atoms with Gasteiger partial charge in [0.05, 0.1) is 0 Å². The Labute approximate surface area is 115 Å². The lowest BCUT2D eigenvalue weighted by Crippen LogP contribution is -2.00. The van der Waals surface area contributed by atoms with Crippen molar-refractivity contribution in [2.45, 2.75) is 96.8 Å². The minimum atomic E-state index is 0.924. The molecule has 0 heterocycles. The average Bonchev–Trinajstić information content (AvgIpc) is 2.42. The van der Waals surface area contributed by atoms with Crippen LogP contribution in [0.15, 0.2) is 12.2 Å². The summed E-state index contributed by atoms with van der Waals surface area (Å²) in [6, 6.07) is 0. The van der Waals surface area contributed by atoms with Gasteiger partial charge in [-0.05, 0) is 31.6 Å². The fraction of sp³-hybridized carbons (Fsp3) is 0.889. The Hall–Kier alpha value is -0.260. The Balaban J connectivity index is 1.75. The molecule has 0 aromatic carbocycles. The van der Waals surface area contributed by atoms with Gasteiger partial charge in [0, 0.05) is 0 Å². The third-order valence-corrected chi connectivity index (χ3v) is 4.28. The zero-order chi connectivity index (χ0) is 12.9. The van der Waals surface area contributed by atoms with Crippen molar-refractivity contribution in [3.63, 3.8) is 0 Å². The quantitative estimate of drug-likeness (QED) is 0.284. The highest BCUT2D eigenvalue weighted by atomic mass is 14.1. The van der Waals surface area contributed by atoms with Gasteiger partial charge in [-0.2, -0.15) is 0 Å². The Morgan fingerprint density at radius 1 is 0.833 bits per heavy atom. The van der Waals surface area contributed by atoms with Crippen LogP contribution in [0.3, 0.4) is 0 Å². The van der Waals surface area contributed by atoms with Crippen LogP contribution < -0.4 is 0 Å². The van der Waals surface area contributed by atoms with Crippen LogP contribution in [0.25, 0.3) is 0 Å². The predicted molar refractivity (Wildman–Crippen MR) is 82.9 cm³/mol. The molecule has 1 atom stereocenters.